The molecule has 1 aromatic carbocycles. The molecule has 4 heteroatoms. The zero-order valence-corrected chi connectivity index (χ0v) is 12.5. The average Bonchev–Trinajstić information content (AvgIpc) is 2.68. The Morgan fingerprint density at radius 1 is 0.952 bits per heavy atom. The standard InChI is InChI=1S/C17H20N2O2/c1-10-3-5-13(6-4-10)19-9-12-7-11-8-18(2)16(20)14(12)15(11)17(19)21/h3-6,11-12,14-15H,7-9H2,1-2H3. The summed E-state index contributed by atoms with van der Waals surface area (Å²) in [4.78, 5) is 29.0. The van der Waals surface area contributed by atoms with Crippen LogP contribution >= 0.6 is 0 Å². The van der Waals surface area contributed by atoms with E-state index >= 15 is 0 Å². The summed E-state index contributed by atoms with van der Waals surface area (Å²) in [6.07, 6.45) is 1.01. The Labute approximate surface area is 124 Å². The Balaban J connectivity index is 1.68. The highest BCUT2D eigenvalue weighted by Gasteiger charge is 2.59. The maximum absolute atomic E-state index is 12.9. The fourth-order valence-electron chi connectivity index (χ4n) is 4.51. The summed E-state index contributed by atoms with van der Waals surface area (Å²) >= 11 is 0. The van der Waals surface area contributed by atoms with Crippen molar-refractivity contribution in [2.75, 3.05) is 25.0 Å². The van der Waals surface area contributed by atoms with Gasteiger partial charge in [-0.05, 0) is 37.3 Å². The molecule has 4 rings (SSSR count). The Kier molecular flexibility index (Phi) is 2.65. The van der Waals surface area contributed by atoms with Crippen LogP contribution in [-0.2, 0) is 9.59 Å². The lowest BCUT2D eigenvalue weighted by Gasteiger charge is -2.42. The molecule has 2 aliphatic heterocycles. The van der Waals surface area contributed by atoms with Gasteiger partial charge in [-0.1, -0.05) is 17.7 Å². The molecule has 4 atom stereocenters. The first-order valence-electron chi connectivity index (χ1n) is 7.69. The maximum Gasteiger partial charge on any atom is 0.231 e. The second-order valence-electron chi connectivity index (χ2n) is 6.81. The molecule has 2 amide bonds. The van der Waals surface area contributed by atoms with Crippen molar-refractivity contribution in [1.82, 2.24) is 4.90 Å². The minimum Gasteiger partial charge on any atom is -0.345 e. The summed E-state index contributed by atoms with van der Waals surface area (Å²) in [5, 5.41) is 0. The molecular formula is C17H20N2O2. The van der Waals surface area contributed by atoms with Gasteiger partial charge < -0.3 is 9.80 Å². The zero-order chi connectivity index (χ0) is 14.7. The van der Waals surface area contributed by atoms with Crippen molar-refractivity contribution in [3.05, 3.63) is 29.8 Å². The number of carbonyl (C=O) groups is 2. The molecule has 0 N–H and O–H groups in total. The van der Waals surface area contributed by atoms with Gasteiger partial charge in [-0.15, -0.1) is 0 Å². The maximum atomic E-state index is 12.9. The molecule has 1 aromatic rings. The number of nitrogens with zero attached hydrogens (tertiary/aromatic N) is 2. The van der Waals surface area contributed by atoms with Crippen LogP contribution < -0.4 is 4.90 Å². The van der Waals surface area contributed by atoms with Crippen molar-refractivity contribution in [1.29, 1.82) is 0 Å². The molecule has 4 nitrogen and oxygen atoms in total. The van der Waals surface area contributed by atoms with E-state index in [-0.39, 0.29) is 23.7 Å². The lowest BCUT2D eigenvalue weighted by molar-refractivity contribution is -0.147. The van der Waals surface area contributed by atoms with Gasteiger partial charge in [0.1, 0.15) is 0 Å². The number of likely N-dealkylation sites (tertiary alicyclic amines) is 1. The number of amides is 2. The van der Waals surface area contributed by atoms with E-state index in [0.29, 0.717) is 18.4 Å². The third-order valence-electron chi connectivity index (χ3n) is 5.49. The summed E-state index contributed by atoms with van der Waals surface area (Å²) in [6.45, 7) is 3.48. The predicted molar refractivity (Wildman–Crippen MR) is 79.7 cm³/mol. The highest BCUT2D eigenvalue weighted by Crippen LogP contribution is 2.50. The summed E-state index contributed by atoms with van der Waals surface area (Å²) < 4.78 is 0. The molecule has 0 spiro atoms. The molecule has 4 bridgehead atoms. The molecule has 1 saturated carbocycles. The van der Waals surface area contributed by atoms with Gasteiger partial charge in [0, 0.05) is 25.8 Å². The predicted octanol–water partition coefficient (Wildman–Crippen LogP) is 1.68. The first-order chi connectivity index (χ1) is 10.1. The van der Waals surface area contributed by atoms with Crippen LogP contribution in [0.4, 0.5) is 5.69 Å². The van der Waals surface area contributed by atoms with E-state index in [2.05, 4.69) is 0 Å². The number of aryl methyl sites for hydroxylation is 1. The van der Waals surface area contributed by atoms with Gasteiger partial charge in [-0.25, -0.2) is 0 Å². The molecule has 4 unspecified atom stereocenters. The third kappa shape index (κ3) is 1.74. The molecule has 3 aliphatic rings. The number of hydrogen-bond donors (Lipinski definition) is 0. The SMILES string of the molecule is Cc1ccc(N2CC3CC4CN(C)C(=O)C3C4C2=O)cc1. The number of anilines is 1. The third-order valence-corrected chi connectivity index (χ3v) is 5.49. The van der Waals surface area contributed by atoms with Crippen LogP contribution in [-0.4, -0.2) is 36.9 Å². The van der Waals surface area contributed by atoms with Crippen LogP contribution in [0.25, 0.3) is 0 Å². The zero-order valence-electron chi connectivity index (χ0n) is 12.5. The smallest absolute Gasteiger partial charge is 0.231 e. The van der Waals surface area contributed by atoms with Gasteiger partial charge in [-0.3, -0.25) is 9.59 Å². The Morgan fingerprint density at radius 2 is 1.57 bits per heavy atom. The summed E-state index contributed by atoms with van der Waals surface area (Å²) in [7, 11) is 1.87. The summed E-state index contributed by atoms with van der Waals surface area (Å²) in [6, 6.07) is 8.11. The minimum absolute atomic E-state index is 0.0667. The van der Waals surface area contributed by atoms with E-state index in [1.54, 1.807) is 0 Å². The van der Waals surface area contributed by atoms with Crippen molar-refractivity contribution in [3.8, 4) is 0 Å². The minimum atomic E-state index is -0.0891. The number of rotatable bonds is 1. The van der Waals surface area contributed by atoms with Gasteiger partial charge >= 0.3 is 0 Å². The van der Waals surface area contributed by atoms with E-state index in [0.717, 1.165) is 18.7 Å². The quantitative estimate of drug-likeness (QED) is 0.787. The molecular weight excluding hydrogens is 264 g/mol. The van der Waals surface area contributed by atoms with Crippen molar-refractivity contribution in [2.45, 2.75) is 13.3 Å². The Hall–Kier alpha value is -1.84. The molecule has 2 heterocycles. The number of benzene rings is 1. The average molecular weight is 284 g/mol. The normalized spacial score (nSPS) is 34.6. The fraction of sp³-hybridized carbons (Fsp3) is 0.529. The van der Waals surface area contributed by atoms with Gasteiger partial charge in [0.2, 0.25) is 11.8 Å². The highest BCUT2D eigenvalue weighted by atomic mass is 16.2. The largest absolute Gasteiger partial charge is 0.345 e. The molecule has 0 radical (unpaired) electrons. The Bertz CT molecular complexity index is 610. The van der Waals surface area contributed by atoms with Gasteiger partial charge in [0.05, 0.1) is 11.8 Å². The van der Waals surface area contributed by atoms with Crippen molar-refractivity contribution >= 4 is 17.5 Å². The van der Waals surface area contributed by atoms with E-state index in [1.807, 2.05) is 48.0 Å². The monoisotopic (exact) mass is 284 g/mol. The first kappa shape index (κ1) is 12.9. The molecule has 3 fully saturated rings. The Morgan fingerprint density at radius 3 is 2.29 bits per heavy atom. The van der Waals surface area contributed by atoms with E-state index in [1.165, 1.54) is 5.56 Å². The van der Waals surface area contributed by atoms with E-state index in [4.69, 9.17) is 0 Å². The van der Waals surface area contributed by atoms with Crippen LogP contribution in [0.3, 0.4) is 0 Å². The van der Waals surface area contributed by atoms with Crippen LogP contribution in [0.15, 0.2) is 24.3 Å². The number of piperidine rings is 2. The molecule has 1 aliphatic carbocycles. The number of carbonyl (C=O) groups excluding carboxylic acids is 2. The summed E-state index contributed by atoms with van der Waals surface area (Å²) in [5.74, 6) is 0.860. The van der Waals surface area contributed by atoms with E-state index in [9.17, 15) is 9.59 Å². The van der Waals surface area contributed by atoms with Gasteiger partial charge in [-0.2, -0.15) is 0 Å². The molecule has 21 heavy (non-hydrogen) atoms. The van der Waals surface area contributed by atoms with Crippen molar-refractivity contribution in [3.63, 3.8) is 0 Å². The molecule has 2 saturated heterocycles. The van der Waals surface area contributed by atoms with Crippen LogP contribution in [0.1, 0.15) is 12.0 Å². The first-order valence-corrected chi connectivity index (χ1v) is 7.69. The highest BCUT2D eigenvalue weighted by molar-refractivity contribution is 6.01. The number of hydrogen-bond acceptors (Lipinski definition) is 2. The molecule has 110 valence electrons. The fourth-order valence-corrected chi connectivity index (χ4v) is 4.51. The van der Waals surface area contributed by atoms with Crippen LogP contribution in [0.5, 0.6) is 0 Å². The van der Waals surface area contributed by atoms with E-state index < -0.39 is 0 Å². The van der Waals surface area contributed by atoms with Gasteiger partial charge in [0.15, 0.2) is 0 Å². The van der Waals surface area contributed by atoms with Crippen LogP contribution in [0.2, 0.25) is 0 Å². The lowest BCUT2D eigenvalue weighted by Crippen LogP contribution is -2.56. The topological polar surface area (TPSA) is 40.6 Å². The van der Waals surface area contributed by atoms with Gasteiger partial charge in [0.25, 0.3) is 0 Å². The second kappa shape index (κ2) is 4.33. The lowest BCUT2D eigenvalue weighted by atomic mass is 9.79. The second-order valence-corrected chi connectivity index (χ2v) is 6.81. The molecule has 0 aromatic heterocycles. The summed E-state index contributed by atoms with van der Waals surface area (Å²) in [5.41, 5.74) is 2.17. The van der Waals surface area contributed by atoms with Crippen molar-refractivity contribution in [2.24, 2.45) is 23.7 Å². The van der Waals surface area contributed by atoms with Crippen molar-refractivity contribution < 1.29 is 9.59 Å². The van der Waals surface area contributed by atoms with Crippen LogP contribution in [0, 0.1) is 30.6 Å².